The molecule has 1 heterocycles. The van der Waals surface area contributed by atoms with Gasteiger partial charge in [-0.2, -0.15) is 0 Å². The van der Waals surface area contributed by atoms with Crippen molar-refractivity contribution in [2.75, 3.05) is 24.5 Å². The minimum atomic E-state index is -0.429. The van der Waals surface area contributed by atoms with Crippen molar-refractivity contribution in [1.29, 1.82) is 0 Å². The van der Waals surface area contributed by atoms with Gasteiger partial charge in [-0.1, -0.05) is 30.3 Å². The molecule has 140 valence electrons. The second-order valence-electron chi connectivity index (χ2n) is 6.27. The van der Waals surface area contributed by atoms with E-state index in [1.54, 1.807) is 43.0 Å². The SMILES string of the molecule is CCNC(=O)N(CC)C(=O)c1cccc2c1N(C(=O)c1ccccc1)CC2. The van der Waals surface area contributed by atoms with Crippen LogP contribution in [-0.2, 0) is 6.42 Å². The standard InChI is InChI=1S/C21H23N3O3/c1-3-22-21(27)23(4-2)20(26)17-12-8-11-15-13-14-24(18(15)17)19(25)16-9-6-5-7-10-16/h5-12H,3-4,13-14H2,1-2H3,(H,22,27). The number of nitrogens with one attached hydrogen (secondary N) is 1. The van der Waals surface area contributed by atoms with E-state index in [1.807, 2.05) is 24.3 Å². The highest BCUT2D eigenvalue weighted by molar-refractivity contribution is 6.14. The van der Waals surface area contributed by atoms with Gasteiger partial charge in [-0.3, -0.25) is 14.5 Å². The van der Waals surface area contributed by atoms with Gasteiger partial charge >= 0.3 is 6.03 Å². The molecule has 0 saturated carbocycles. The van der Waals surface area contributed by atoms with Crippen molar-refractivity contribution in [1.82, 2.24) is 10.2 Å². The molecule has 1 aliphatic heterocycles. The monoisotopic (exact) mass is 365 g/mol. The number of imide groups is 1. The number of hydrogen-bond donors (Lipinski definition) is 1. The smallest absolute Gasteiger partial charge is 0.324 e. The Morgan fingerprint density at radius 2 is 1.78 bits per heavy atom. The number of carbonyl (C=O) groups is 3. The number of benzene rings is 2. The van der Waals surface area contributed by atoms with Gasteiger partial charge in [0, 0.05) is 25.2 Å². The van der Waals surface area contributed by atoms with Crippen LogP contribution in [0.4, 0.5) is 10.5 Å². The number of hydrogen-bond acceptors (Lipinski definition) is 3. The Hall–Kier alpha value is -3.15. The molecule has 4 amide bonds. The topological polar surface area (TPSA) is 69.7 Å². The first-order valence-corrected chi connectivity index (χ1v) is 9.17. The average molecular weight is 365 g/mol. The molecule has 6 nitrogen and oxygen atoms in total. The molecule has 0 unspecified atom stereocenters. The van der Waals surface area contributed by atoms with E-state index in [-0.39, 0.29) is 12.5 Å². The predicted octanol–water partition coefficient (Wildman–Crippen LogP) is 3.08. The number of carbonyl (C=O) groups excluding carboxylic acids is 3. The Kier molecular flexibility index (Phi) is 5.54. The first kappa shape index (κ1) is 18.6. The van der Waals surface area contributed by atoms with Crippen molar-refractivity contribution < 1.29 is 14.4 Å². The van der Waals surface area contributed by atoms with Gasteiger partial charge < -0.3 is 10.2 Å². The number of anilines is 1. The molecular weight excluding hydrogens is 342 g/mol. The third-order valence-electron chi connectivity index (χ3n) is 4.63. The van der Waals surface area contributed by atoms with Crippen LogP contribution >= 0.6 is 0 Å². The van der Waals surface area contributed by atoms with Crippen LogP contribution in [0.25, 0.3) is 0 Å². The fourth-order valence-electron chi connectivity index (χ4n) is 3.34. The van der Waals surface area contributed by atoms with Gasteiger partial charge in [0.25, 0.3) is 11.8 Å². The van der Waals surface area contributed by atoms with Crippen LogP contribution < -0.4 is 10.2 Å². The molecule has 1 aliphatic rings. The zero-order valence-electron chi connectivity index (χ0n) is 15.6. The lowest BCUT2D eigenvalue weighted by atomic mass is 10.1. The van der Waals surface area contributed by atoms with Crippen molar-refractivity contribution >= 4 is 23.5 Å². The number of amides is 4. The molecule has 0 radical (unpaired) electrons. The summed E-state index contributed by atoms with van der Waals surface area (Å²) < 4.78 is 0. The van der Waals surface area contributed by atoms with Gasteiger partial charge in [-0.05, 0) is 44.0 Å². The van der Waals surface area contributed by atoms with Gasteiger partial charge in [0.15, 0.2) is 0 Å². The Labute approximate surface area is 158 Å². The fraction of sp³-hybridized carbons (Fsp3) is 0.286. The highest BCUT2D eigenvalue weighted by atomic mass is 16.2. The van der Waals surface area contributed by atoms with Gasteiger partial charge in [0.2, 0.25) is 0 Å². The molecule has 0 aliphatic carbocycles. The maximum Gasteiger partial charge on any atom is 0.324 e. The van der Waals surface area contributed by atoms with Crippen LogP contribution in [0, 0.1) is 0 Å². The van der Waals surface area contributed by atoms with E-state index < -0.39 is 11.9 Å². The third kappa shape index (κ3) is 3.56. The van der Waals surface area contributed by atoms with E-state index in [0.29, 0.717) is 36.3 Å². The molecular formula is C21H23N3O3. The minimum Gasteiger partial charge on any atom is -0.338 e. The normalized spacial score (nSPS) is 12.4. The summed E-state index contributed by atoms with van der Waals surface area (Å²) in [5, 5.41) is 2.66. The predicted molar refractivity (Wildman–Crippen MR) is 104 cm³/mol. The second-order valence-corrected chi connectivity index (χ2v) is 6.27. The zero-order chi connectivity index (χ0) is 19.4. The summed E-state index contributed by atoms with van der Waals surface area (Å²) in [5.41, 5.74) is 2.50. The fourth-order valence-corrected chi connectivity index (χ4v) is 3.34. The molecule has 1 N–H and O–H groups in total. The van der Waals surface area contributed by atoms with E-state index in [0.717, 1.165) is 5.56 Å². The van der Waals surface area contributed by atoms with E-state index in [1.165, 1.54) is 4.90 Å². The highest BCUT2D eigenvalue weighted by Gasteiger charge is 2.32. The van der Waals surface area contributed by atoms with Crippen LogP contribution in [0.2, 0.25) is 0 Å². The molecule has 0 aromatic heterocycles. The Morgan fingerprint density at radius 3 is 2.44 bits per heavy atom. The summed E-state index contributed by atoms with van der Waals surface area (Å²) in [6.07, 6.45) is 0.683. The van der Waals surface area contributed by atoms with Gasteiger partial charge in [-0.25, -0.2) is 4.79 Å². The Morgan fingerprint density at radius 1 is 1.04 bits per heavy atom. The van der Waals surface area contributed by atoms with E-state index in [9.17, 15) is 14.4 Å². The van der Waals surface area contributed by atoms with Crippen LogP contribution in [0.3, 0.4) is 0 Å². The molecule has 0 fully saturated rings. The third-order valence-corrected chi connectivity index (χ3v) is 4.63. The lowest BCUT2D eigenvalue weighted by Gasteiger charge is -2.24. The largest absolute Gasteiger partial charge is 0.338 e. The van der Waals surface area contributed by atoms with Crippen molar-refractivity contribution in [3.05, 3.63) is 65.2 Å². The number of para-hydroxylation sites is 1. The molecule has 2 aromatic carbocycles. The van der Waals surface area contributed by atoms with Crippen LogP contribution in [-0.4, -0.2) is 42.4 Å². The van der Waals surface area contributed by atoms with E-state index >= 15 is 0 Å². The van der Waals surface area contributed by atoms with E-state index in [4.69, 9.17) is 0 Å². The Bertz CT molecular complexity index is 864. The van der Waals surface area contributed by atoms with Gasteiger partial charge in [-0.15, -0.1) is 0 Å². The summed E-state index contributed by atoms with van der Waals surface area (Å²) in [5.74, 6) is -0.538. The first-order valence-electron chi connectivity index (χ1n) is 9.17. The number of fused-ring (bicyclic) bond motifs is 1. The lowest BCUT2D eigenvalue weighted by molar-refractivity contribution is 0.0808. The van der Waals surface area contributed by atoms with Gasteiger partial charge in [0.05, 0.1) is 11.3 Å². The Balaban J connectivity index is 1.98. The first-order chi connectivity index (χ1) is 13.1. The molecule has 2 aromatic rings. The van der Waals surface area contributed by atoms with Crippen LogP contribution in [0.1, 0.15) is 40.1 Å². The minimum absolute atomic E-state index is 0.143. The maximum atomic E-state index is 13.1. The number of urea groups is 1. The van der Waals surface area contributed by atoms with Crippen LogP contribution in [0.5, 0.6) is 0 Å². The summed E-state index contributed by atoms with van der Waals surface area (Å²) in [7, 11) is 0. The number of rotatable bonds is 4. The summed E-state index contributed by atoms with van der Waals surface area (Å²) in [6, 6.07) is 14.0. The molecule has 0 saturated heterocycles. The summed E-state index contributed by atoms with van der Waals surface area (Å²) in [4.78, 5) is 41.1. The van der Waals surface area contributed by atoms with Crippen molar-refractivity contribution in [2.24, 2.45) is 0 Å². The molecule has 3 rings (SSSR count). The maximum absolute atomic E-state index is 13.1. The summed E-state index contributed by atoms with van der Waals surface area (Å²) >= 11 is 0. The number of nitrogens with zero attached hydrogens (tertiary/aromatic N) is 2. The molecule has 0 atom stereocenters. The average Bonchev–Trinajstić information content (AvgIpc) is 3.13. The quantitative estimate of drug-likeness (QED) is 0.905. The van der Waals surface area contributed by atoms with Crippen molar-refractivity contribution in [3.8, 4) is 0 Å². The molecule has 6 heteroatoms. The molecule has 27 heavy (non-hydrogen) atoms. The lowest BCUT2D eigenvalue weighted by Crippen LogP contribution is -2.44. The molecule has 0 bridgehead atoms. The highest BCUT2D eigenvalue weighted by Crippen LogP contribution is 2.33. The van der Waals surface area contributed by atoms with Gasteiger partial charge in [0.1, 0.15) is 0 Å². The van der Waals surface area contributed by atoms with Crippen LogP contribution in [0.15, 0.2) is 48.5 Å². The van der Waals surface area contributed by atoms with Crippen molar-refractivity contribution in [2.45, 2.75) is 20.3 Å². The molecule has 0 spiro atoms. The van der Waals surface area contributed by atoms with E-state index in [2.05, 4.69) is 5.32 Å². The summed E-state index contributed by atoms with van der Waals surface area (Å²) in [6.45, 7) is 4.76. The zero-order valence-corrected chi connectivity index (χ0v) is 15.6. The van der Waals surface area contributed by atoms with Crippen molar-refractivity contribution in [3.63, 3.8) is 0 Å². The second kappa shape index (κ2) is 8.03.